The molecule has 3 rings (SSSR count). The van der Waals surface area contributed by atoms with Gasteiger partial charge in [0.2, 0.25) is 0 Å². The topological polar surface area (TPSA) is 50.2 Å². The van der Waals surface area contributed by atoms with Gasteiger partial charge in [-0.3, -0.25) is 9.78 Å². The van der Waals surface area contributed by atoms with Gasteiger partial charge in [-0.05, 0) is 37.8 Å². The molecule has 0 amide bonds. The smallest absolute Gasteiger partial charge is 0.170 e. The average Bonchev–Trinajstić information content (AvgIpc) is 2.87. The molecule has 3 nitrogen and oxygen atoms in total. The molecular formula is C16H17NO2. The van der Waals surface area contributed by atoms with Crippen molar-refractivity contribution in [2.45, 2.75) is 37.7 Å². The van der Waals surface area contributed by atoms with E-state index in [1.54, 1.807) is 0 Å². The fraction of sp³-hybridized carbons (Fsp3) is 0.375. The zero-order valence-electron chi connectivity index (χ0n) is 10.8. The third-order valence-corrected chi connectivity index (χ3v) is 3.95. The maximum absolute atomic E-state index is 12.2. The number of pyridine rings is 1. The van der Waals surface area contributed by atoms with Gasteiger partial charge in [0.1, 0.15) is 5.60 Å². The summed E-state index contributed by atoms with van der Waals surface area (Å²) in [6.07, 6.45) is 3.29. The minimum Gasteiger partial charge on any atom is -0.382 e. The molecule has 1 aliphatic carbocycles. The Bertz CT molecular complexity index is 615. The highest BCUT2D eigenvalue weighted by molar-refractivity contribution is 5.89. The molecule has 1 aromatic heterocycles. The predicted octanol–water partition coefficient (Wildman–Crippen LogP) is 2.65. The number of ketones is 1. The number of benzene rings is 1. The van der Waals surface area contributed by atoms with Crippen LogP contribution in [0.2, 0.25) is 0 Å². The molecule has 1 heterocycles. The largest absolute Gasteiger partial charge is 0.382 e. The monoisotopic (exact) mass is 255 g/mol. The molecule has 0 saturated heterocycles. The zero-order chi connectivity index (χ0) is 13.3. The first-order valence-electron chi connectivity index (χ1n) is 6.78. The van der Waals surface area contributed by atoms with Gasteiger partial charge in [0.15, 0.2) is 5.78 Å². The highest BCUT2D eigenvalue weighted by atomic mass is 16.3. The second-order valence-corrected chi connectivity index (χ2v) is 5.33. The molecule has 0 bridgehead atoms. The normalized spacial score (nSPS) is 17.7. The van der Waals surface area contributed by atoms with Crippen molar-refractivity contribution in [3.8, 4) is 0 Å². The summed E-state index contributed by atoms with van der Waals surface area (Å²) in [4.78, 5) is 16.7. The summed E-state index contributed by atoms with van der Waals surface area (Å²) in [5.74, 6) is -0.0900. The van der Waals surface area contributed by atoms with Crippen molar-refractivity contribution in [2.24, 2.45) is 0 Å². The fourth-order valence-corrected chi connectivity index (χ4v) is 2.77. The molecule has 98 valence electrons. The van der Waals surface area contributed by atoms with E-state index < -0.39 is 5.60 Å². The second-order valence-electron chi connectivity index (χ2n) is 5.33. The number of rotatable bonds is 3. The maximum Gasteiger partial charge on any atom is 0.170 e. The van der Waals surface area contributed by atoms with Crippen molar-refractivity contribution in [3.63, 3.8) is 0 Å². The first kappa shape index (κ1) is 12.3. The lowest BCUT2D eigenvalue weighted by atomic mass is 9.93. The zero-order valence-corrected chi connectivity index (χ0v) is 10.8. The Kier molecular flexibility index (Phi) is 3.07. The van der Waals surface area contributed by atoms with Crippen molar-refractivity contribution in [1.82, 2.24) is 4.98 Å². The number of fused-ring (bicyclic) bond motifs is 1. The third-order valence-electron chi connectivity index (χ3n) is 3.95. The van der Waals surface area contributed by atoms with Crippen LogP contribution in [0, 0.1) is 0 Å². The summed E-state index contributed by atoms with van der Waals surface area (Å²) >= 11 is 0. The van der Waals surface area contributed by atoms with Crippen molar-refractivity contribution in [2.75, 3.05) is 0 Å². The number of carbonyl (C=O) groups excluding carboxylic acids is 1. The Morgan fingerprint density at radius 1 is 1.16 bits per heavy atom. The van der Waals surface area contributed by atoms with Gasteiger partial charge in [-0.2, -0.15) is 0 Å². The van der Waals surface area contributed by atoms with Gasteiger partial charge in [-0.15, -0.1) is 0 Å². The van der Waals surface area contributed by atoms with E-state index in [0.717, 1.165) is 29.4 Å². The van der Waals surface area contributed by atoms with E-state index in [2.05, 4.69) is 4.98 Å². The van der Waals surface area contributed by atoms with Crippen LogP contribution in [0.3, 0.4) is 0 Å². The molecule has 1 aromatic carbocycles. The summed E-state index contributed by atoms with van der Waals surface area (Å²) < 4.78 is 0. The molecule has 19 heavy (non-hydrogen) atoms. The van der Waals surface area contributed by atoms with Gasteiger partial charge in [-0.1, -0.05) is 24.3 Å². The van der Waals surface area contributed by atoms with Crippen LogP contribution in [0.25, 0.3) is 10.9 Å². The molecule has 0 spiro atoms. The molecule has 0 radical (unpaired) electrons. The van der Waals surface area contributed by atoms with Gasteiger partial charge in [0, 0.05) is 11.1 Å². The van der Waals surface area contributed by atoms with Gasteiger partial charge in [0.05, 0.1) is 11.9 Å². The van der Waals surface area contributed by atoms with Crippen LogP contribution in [0.5, 0.6) is 0 Å². The number of hydrogen-bond donors (Lipinski definition) is 1. The van der Waals surface area contributed by atoms with Crippen LogP contribution in [0.15, 0.2) is 36.4 Å². The highest BCUT2D eigenvalue weighted by Gasteiger charge is 2.38. The first-order valence-corrected chi connectivity index (χ1v) is 6.78. The van der Waals surface area contributed by atoms with Crippen molar-refractivity contribution in [3.05, 3.63) is 42.1 Å². The molecule has 0 atom stereocenters. The summed E-state index contributed by atoms with van der Waals surface area (Å²) in [6.45, 7) is 0. The van der Waals surface area contributed by atoms with E-state index in [0.29, 0.717) is 12.8 Å². The Morgan fingerprint density at radius 3 is 2.68 bits per heavy atom. The van der Waals surface area contributed by atoms with E-state index in [-0.39, 0.29) is 12.2 Å². The minimum absolute atomic E-state index is 0.0900. The number of nitrogens with zero attached hydrogens (tertiary/aromatic N) is 1. The van der Waals surface area contributed by atoms with Crippen LogP contribution in [-0.2, 0) is 11.2 Å². The number of hydrogen-bond acceptors (Lipinski definition) is 3. The van der Waals surface area contributed by atoms with Crippen LogP contribution >= 0.6 is 0 Å². The Labute approximate surface area is 112 Å². The average molecular weight is 255 g/mol. The predicted molar refractivity (Wildman–Crippen MR) is 73.9 cm³/mol. The van der Waals surface area contributed by atoms with E-state index >= 15 is 0 Å². The SMILES string of the molecule is O=C(Cc1ccc2ccccc2n1)C1(O)CCCC1. The van der Waals surface area contributed by atoms with E-state index in [1.807, 2.05) is 36.4 Å². The van der Waals surface area contributed by atoms with Crippen molar-refractivity contribution in [1.29, 1.82) is 0 Å². The number of aliphatic hydroxyl groups is 1. The minimum atomic E-state index is -1.10. The van der Waals surface area contributed by atoms with E-state index in [4.69, 9.17) is 0 Å². The van der Waals surface area contributed by atoms with Gasteiger partial charge in [-0.25, -0.2) is 0 Å². The quantitative estimate of drug-likeness (QED) is 0.917. The highest BCUT2D eigenvalue weighted by Crippen LogP contribution is 2.31. The fourth-order valence-electron chi connectivity index (χ4n) is 2.77. The molecule has 3 heteroatoms. The maximum atomic E-state index is 12.2. The second kappa shape index (κ2) is 4.74. The van der Waals surface area contributed by atoms with E-state index in [9.17, 15) is 9.90 Å². The molecule has 1 aliphatic rings. The van der Waals surface area contributed by atoms with Crippen LogP contribution in [-0.4, -0.2) is 21.5 Å². The molecule has 0 unspecified atom stereocenters. The molecular weight excluding hydrogens is 238 g/mol. The van der Waals surface area contributed by atoms with Gasteiger partial charge >= 0.3 is 0 Å². The number of para-hydroxylation sites is 1. The third kappa shape index (κ3) is 2.38. The summed E-state index contributed by atoms with van der Waals surface area (Å²) in [5.41, 5.74) is 0.531. The Morgan fingerprint density at radius 2 is 1.89 bits per heavy atom. The molecule has 1 fully saturated rings. The molecule has 0 aliphatic heterocycles. The van der Waals surface area contributed by atoms with Crippen LogP contribution < -0.4 is 0 Å². The van der Waals surface area contributed by atoms with Gasteiger partial charge < -0.3 is 5.11 Å². The molecule has 1 saturated carbocycles. The summed E-state index contributed by atoms with van der Waals surface area (Å²) in [7, 11) is 0. The number of Topliss-reactive ketones (excluding diaryl/α,β-unsaturated/α-hetero) is 1. The standard InChI is InChI=1S/C16H17NO2/c18-15(16(19)9-3-4-10-16)11-13-8-7-12-5-1-2-6-14(12)17-13/h1-2,5-8,19H,3-4,9-11H2. The van der Waals surface area contributed by atoms with E-state index in [1.165, 1.54) is 0 Å². The Balaban J connectivity index is 1.83. The van der Waals surface area contributed by atoms with Crippen molar-refractivity contribution < 1.29 is 9.90 Å². The van der Waals surface area contributed by atoms with Gasteiger partial charge in [0.25, 0.3) is 0 Å². The lowest BCUT2D eigenvalue weighted by Crippen LogP contribution is -2.36. The number of carbonyl (C=O) groups is 1. The van der Waals surface area contributed by atoms with Crippen LogP contribution in [0.1, 0.15) is 31.4 Å². The lowest BCUT2D eigenvalue weighted by molar-refractivity contribution is -0.136. The summed E-state index contributed by atoms with van der Waals surface area (Å²) in [6, 6.07) is 11.7. The molecule has 2 aromatic rings. The lowest BCUT2D eigenvalue weighted by Gasteiger charge is -2.19. The number of aromatic nitrogens is 1. The first-order chi connectivity index (χ1) is 9.17. The Hall–Kier alpha value is -1.74. The molecule has 1 N–H and O–H groups in total. The van der Waals surface area contributed by atoms with Crippen LogP contribution in [0.4, 0.5) is 0 Å². The van der Waals surface area contributed by atoms with Crippen molar-refractivity contribution >= 4 is 16.7 Å². The summed E-state index contributed by atoms with van der Waals surface area (Å²) in [5, 5.41) is 11.3.